The Morgan fingerprint density at radius 3 is 2.68 bits per heavy atom. The molecule has 1 fully saturated rings. The molecule has 0 radical (unpaired) electrons. The SMILES string of the molecule is Cc1ccc(C=C2SC(=Nc3ccc(Cl)cc3C(F)(F)F)NC2=O)o1. The summed E-state index contributed by atoms with van der Waals surface area (Å²) in [5, 5.41) is 2.44. The average Bonchev–Trinajstić information content (AvgIpc) is 3.06. The smallest absolute Gasteiger partial charge is 0.418 e. The fraction of sp³-hybridized carbons (Fsp3) is 0.125. The average molecular weight is 387 g/mol. The second kappa shape index (κ2) is 6.61. The molecule has 1 aromatic carbocycles. The molecule has 1 amide bonds. The van der Waals surface area contributed by atoms with Gasteiger partial charge in [-0.1, -0.05) is 11.6 Å². The Labute approximate surface area is 149 Å². The fourth-order valence-corrected chi connectivity index (χ4v) is 3.07. The minimum Gasteiger partial charge on any atom is -0.462 e. The number of hydrogen-bond donors (Lipinski definition) is 1. The lowest BCUT2D eigenvalue weighted by molar-refractivity contribution is -0.137. The van der Waals surface area contributed by atoms with Gasteiger partial charge in [-0.05, 0) is 49.0 Å². The van der Waals surface area contributed by atoms with Crippen molar-refractivity contribution < 1.29 is 22.4 Å². The number of halogens is 4. The maximum atomic E-state index is 13.1. The van der Waals surface area contributed by atoms with Crippen LogP contribution in [0.2, 0.25) is 5.02 Å². The summed E-state index contributed by atoms with van der Waals surface area (Å²) in [7, 11) is 0. The van der Waals surface area contributed by atoms with Crippen molar-refractivity contribution >= 4 is 46.2 Å². The Kier molecular flexibility index (Phi) is 4.66. The maximum Gasteiger partial charge on any atom is 0.418 e. The molecule has 0 unspecified atom stereocenters. The third kappa shape index (κ3) is 4.08. The molecule has 1 aliphatic heterocycles. The Hall–Kier alpha value is -2.19. The number of benzene rings is 1. The summed E-state index contributed by atoms with van der Waals surface area (Å²) in [4.78, 5) is 16.1. The second-order valence-electron chi connectivity index (χ2n) is 5.09. The Morgan fingerprint density at radius 1 is 1.28 bits per heavy atom. The molecule has 0 spiro atoms. The van der Waals surface area contributed by atoms with Crippen molar-refractivity contribution in [3.63, 3.8) is 0 Å². The number of aryl methyl sites for hydroxylation is 1. The van der Waals surface area contributed by atoms with Crippen LogP contribution in [-0.2, 0) is 11.0 Å². The number of amidine groups is 1. The summed E-state index contributed by atoms with van der Waals surface area (Å²) >= 11 is 6.57. The van der Waals surface area contributed by atoms with Crippen molar-refractivity contribution in [2.45, 2.75) is 13.1 Å². The Bertz CT molecular complexity index is 903. The van der Waals surface area contributed by atoms with Gasteiger partial charge in [-0.2, -0.15) is 13.2 Å². The Morgan fingerprint density at radius 2 is 2.04 bits per heavy atom. The fourth-order valence-electron chi connectivity index (χ4n) is 2.08. The summed E-state index contributed by atoms with van der Waals surface area (Å²) in [5.41, 5.74) is -1.30. The molecule has 1 saturated heterocycles. The van der Waals surface area contributed by atoms with Crippen molar-refractivity contribution in [3.8, 4) is 0 Å². The van der Waals surface area contributed by atoms with Gasteiger partial charge in [0, 0.05) is 11.1 Å². The minimum absolute atomic E-state index is 0.0480. The first kappa shape index (κ1) is 17.6. The molecule has 0 aliphatic carbocycles. The van der Waals surface area contributed by atoms with Gasteiger partial charge in [0.2, 0.25) is 0 Å². The van der Waals surface area contributed by atoms with Crippen LogP contribution in [0.25, 0.3) is 6.08 Å². The van der Waals surface area contributed by atoms with E-state index in [1.165, 1.54) is 12.1 Å². The van der Waals surface area contributed by atoms with Crippen LogP contribution in [-0.4, -0.2) is 11.1 Å². The Balaban J connectivity index is 1.91. The molecular formula is C16H10ClF3N2O2S. The number of carbonyl (C=O) groups is 1. The first-order valence-electron chi connectivity index (χ1n) is 6.95. The van der Waals surface area contributed by atoms with Gasteiger partial charge in [0.05, 0.1) is 16.2 Å². The molecular weight excluding hydrogens is 377 g/mol. The molecule has 130 valence electrons. The van der Waals surface area contributed by atoms with E-state index in [9.17, 15) is 18.0 Å². The topological polar surface area (TPSA) is 54.6 Å². The number of rotatable bonds is 2. The molecule has 1 aromatic heterocycles. The van der Waals surface area contributed by atoms with Gasteiger partial charge in [0.25, 0.3) is 5.91 Å². The third-order valence-corrected chi connectivity index (χ3v) is 4.32. The standard InChI is InChI=1S/C16H10ClF3N2O2S/c1-8-2-4-10(24-8)7-13-14(23)22-15(25-13)21-12-5-3-9(17)6-11(12)16(18,19)20/h2-7H,1H3,(H,21,22,23). The number of nitrogens with zero attached hydrogens (tertiary/aromatic N) is 1. The van der Waals surface area contributed by atoms with Crippen LogP contribution in [0, 0.1) is 6.92 Å². The lowest BCUT2D eigenvalue weighted by Crippen LogP contribution is -2.19. The summed E-state index contributed by atoms with van der Waals surface area (Å²) in [6.07, 6.45) is -3.11. The van der Waals surface area contributed by atoms with Crippen molar-refractivity contribution in [3.05, 3.63) is 57.3 Å². The summed E-state index contributed by atoms with van der Waals surface area (Å²) < 4.78 is 44.7. The van der Waals surface area contributed by atoms with Gasteiger partial charge in [0.1, 0.15) is 11.5 Å². The highest BCUT2D eigenvalue weighted by Gasteiger charge is 2.34. The zero-order valence-electron chi connectivity index (χ0n) is 12.6. The van der Waals surface area contributed by atoms with E-state index in [1.54, 1.807) is 19.1 Å². The molecule has 9 heteroatoms. The largest absolute Gasteiger partial charge is 0.462 e. The van der Waals surface area contributed by atoms with Gasteiger partial charge < -0.3 is 9.73 Å². The maximum absolute atomic E-state index is 13.1. The normalized spacial score (nSPS) is 18.2. The van der Waals surface area contributed by atoms with Gasteiger partial charge >= 0.3 is 6.18 Å². The highest BCUT2D eigenvalue weighted by Crippen LogP contribution is 2.39. The highest BCUT2D eigenvalue weighted by atomic mass is 35.5. The molecule has 1 aliphatic rings. The van der Waals surface area contributed by atoms with Gasteiger partial charge in [-0.15, -0.1) is 0 Å². The van der Waals surface area contributed by atoms with E-state index in [1.807, 2.05) is 0 Å². The van der Waals surface area contributed by atoms with E-state index in [-0.39, 0.29) is 20.8 Å². The van der Waals surface area contributed by atoms with Crippen molar-refractivity contribution in [2.75, 3.05) is 0 Å². The predicted molar refractivity (Wildman–Crippen MR) is 90.7 cm³/mol. The molecule has 0 saturated carbocycles. The van der Waals surface area contributed by atoms with Crippen LogP contribution in [0.5, 0.6) is 0 Å². The van der Waals surface area contributed by atoms with Gasteiger partial charge in [-0.3, -0.25) is 4.79 Å². The zero-order valence-corrected chi connectivity index (χ0v) is 14.2. The minimum atomic E-state index is -4.61. The number of amides is 1. The number of carbonyl (C=O) groups excluding carboxylic acids is 1. The summed E-state index contributed by atoms with van der Waals surface area (Å²) in [6.45, 7) is 1.76. The molecule has 3 rings (SSSR count). The van der Waals surface area contributed by atoms with E-state index in [0.29, 0.717) is 11.5 Å². The van der Waals surface area contributed by atoms with Crippen LogP contribution in [0.3, 0.4) is 0 Å². The predicted octanol–water partition coefficient (Wildman–Crippen LogP) is 5.15. The quantitative estimate of drug-likeness (QED) is 0.726. The molecule has 4 nitrogen and oxygen atoms in total. The lowest BCUT2D eigenvalue weighted by Gasteiger charge is -2.10. The lowest BCUT2D eigenvalue weighted by atomic mass is 10.2. The molecule has 1 N–H and O–H groups in total. The van der Waals surface area contributed by atoms with Crippen LogP contribution in [0.1, 0.15) is 17.1 Å². The van der Waals surface area contributed by atoms with Crippen LogP contribution < -0.4 is 5.32 Å². The van der Waals surface area contributed by atoms with E-state index in [2.05, 4.69) is 10.3 Å². The van der Waals surface area contributed by atoms with E-state index >= 15 is 0 Å². The van der Waals surface area contributed by atoms with E-state index in [0.717, 1.165) is 23.9 Å². The van der Waals surface area contributed by atoms with Crippen LogP contribution in [0.15, 0.2) is 44.6 Å². The molecule has 0 bridgehead atoms. The molecule has 2 heterocycles. The number of alkyl halides is 3. The number of thioether (sulfide) groups is 1. The van der Waals surface area contributed by atoms with Crippen molar-refractivity contribution in [1.82, 2.24) is 5.32 Å². The number of aliphatic imine (C=N–C) groups is 1. The molecule has 25 heavy (non-hydrogen) atoms. The second-order valence-corrected chi connectivity index (χ2v) is 6.56. The number of furan rings is 1. The first-order valence-corrected chi connectivity index (χ1v) is 8.14. The zero-order chi connectivity index (χ0) is 18.2. The summed E-state index contributed by atoms with van der Waals surface area (Å²) in [5.74, 6) is 0.694. The third-order valence-electron chi connectivity index (χ3n) is 3.17. The highest BCUT2D eigenvalue weighted by molar-refractivity contribution is 8.18. The van der Waals surface area contributed by atoms with Crippen LogP contribution >= 0.6 is 23.4 Å². The number of hydrogen-bond acceptors (Lipinski definition) is 4. The summed E-state index contributed by atoms with van der Waals surface area (Å²) in [6, 6.07) is 6.68. The van der Waals surface area contributed by atoms with Gasteiger partial charge in [0.15, 0.2) is 5.17 Å². The molecule has 0 atom stereocenters. The van der Waals surface area contributed by atoms with Crippen molar-refractivity contribution in [2.24, 2.45) is 4.99 Å². The van der Waals surface area contributed by atoms with E-state index in [4.69, 9.17) is 16.0 Å². The van der Waals surface area contributed by atoms with E-state index < -0.39 is 17.6 Å². The monoisotopic (exact) mass is 386 g/mol. The van der Waals surface area contributed by atoms with Crippen molar-refractivity contribution in [1.29, 1.82) is 0 Å². The molecule has 2 aromatic rings. The van der Waals surface area contributed by atoms with Gasteiger partial charge in [-0.25, -0.2) is 4.99 Å². The number of nitrogens with one attached hydrogen (secondary N) is 1. The van der Waals surface area contributed by atoms with Crippen LogP contribution in [0.4, 0.5) is 18.9 Å². The first-order chi connectivity index (χ1) is 11.7.